The summed E-state index contributed by atoms with van der Waals surface area (Å²) in [5.41, 5.74) is 0.964. The number of carbonyl (C=O) groups is 1. The summed E-state index contributed by atoms with van der Waals surface area (Å²) in [6.45, 7) is 0. The van der Waals surface area contributed by atoms with Crippen LogP contribution in [0.3, 0.4) is 0 Å². The van der Waals surface area contributed by atoms with Crippen LogP contribution < -0.4 is 0 Å². The van der Waals surface area contributed by atoms with Crippen LogP contribution in [0.1, 0.15) is 16.1 Å². The zero-order valence-corrected chi connectivity index (χ0v) is 11.1. The number of carbonyl (C=O) groups excluding carboxylic acids is 1. The molecule has 0 aliphatic heterocycles. The summed E-state index contributed by atoms with van der Waals surface area (Å²) in [6.07, 6.45) is 0. The van der Waals surface area contributed by atoms with E-state index in [0.29, 0.717) is 26.2 Å². The first kappa shape index (κ1) is 11.9. The van der Waals surface area contributed by atoms with Crippen molar-refractivity contribution < 1.29 is 9.53 Å². The van der Waals surface area contributed by atoms with Gasteiger partial charge in [0.2, 0.25) is 0 Å². The van der Waals surface area contributed by atoms with E-state index in [1.165, 1.54) is 7.11 Å². The Labute approximate surface area is 103 Å². The molecule has 6 heteroatoms. The van der Waals surface area contributed by atoms with Crippen LogP contribution in [0, 0.1) is 0 Å². The van der Waals surface area contributed by atoms with Crippen molar-refractivity contribution in [2.45, 2.75) is 5.33 Å². The third kappa shape index (κ3) is 2.46. The average molecular weight is 343 g/mol. The fourth-order valence-corrected chi connectivity index (χ4v) is 1.79. The Kier molecular flexibility index (Phi) is 4.34. The molecule has 3 nitrogen and oxygen atoms in total. The van der Waals surface area contributed by atoms with E-state index in [-0.39, 0.29) is 0 Å². The third-order valence-electron chi connectivity index (χ3n) is 1.54. The van der Waals surface area contributed by atoms with Gasteiger partial charge in [0.1, 0.15) is 5.15 Å². The largest absolute Gasteiger partial charge is 0.465 e. The predicted octanol–water partition coefficient (Wildman–Crippen LogP) is 3.18. The van der Waals surface area contributed by atoms with E-state index in [9.17, 15) is 4.79 Å². The molecule has 0 atom stereocenters. The zero-order valence-electron chi connectivity index (χ0n) is 7.18. The van der Waals surface area contributed by atoms with Crippen molar-refractivity contribution >= 4 is 49.4 Å². The zero-order chi connectivity index (χ0) is 10.7. The van der Waals surface area contributed by atoms with Crippen LogP contribution in [0.15, 0.2) is 10.5 Å². The van der Waals surface area contributed by atoms with Crippen LogP contribution in [0.4, 0.5) is 0 Å². The molecule has 0 radical (unpaired) electrons. The number of rotatable bonds is 2. The molecule has 0 aliphatic carbocycles. The number of methoxy groups -OCH3 is 1. The molecule has 0 unspecified atom stereocenters. The molecule has 1 aromatic rings. The number of hydrogen-bond donors (Lipinski definition) is 0. The van der Waals surface area contributed by atoms with Gasteiger partial charge >= 0.3 is 5.97 Å². The summed E-state index contributed by atoms with van der Waals surface area (Å²) in [4.78, 5) is 15.3. The number of ether oxygens (including phenoxy) is 1. The second-order valence-electron chi connectivity index (χ2n) is 2.38. The Hall–Kier alpha value is -0.130. The van der Waals surface area contributed by atoms with Crippen LogP contribution in [-0.4, -0.2) is 18.1 Å². The van der Waals surface area contributed by atoms with Crippen molar-refractivity contribution in [3.8, 4) is 0 Å². The van der Waals surface area contributed by atoms with Crippen LogP contribution in [0.25, 0.3) is 0 Å². The van der Waals surface area contributed by atoms with Gasteiger partial charge in [0, 0.05) is 5.33 Å². The molecule has 14 heavy (non-hydrogen) atoms. The number of aromatic nitrogens is 1. The van der Waals surface area contributed by atoms with Gasteiger partial charge in [-0.15, -0.1) is 0 Å². The number of hydrogen-bond acceptors (Lipinski definition) is 3. The highest BCUT2D eigenvalue weighted by Gasteiger charge is 2.15. The maximum absolute atomic E-state index is 11.3. The molecule has 0 amide bonds. The smallest absolute Gasteiger partial charge is 0.339 e. The van der Waals surface area contributed by atoms with Gasteiger partial charge in [-0.3, -0.25) is 0 Å². The lowest BCUT2D eigenvalue weighted by Gasteiger charge is -2.06. The SMILES string of the molecule is COC(=O)c1cc(Br)c(Cl)nc1CBr. The van der Waals surface area contributed by atoms with Crippen molar-refractivity contribution in [3.05, 3.63) is 26.9 Å². The molecule has 1 rings (SSSR count). The number of halogens is 3. The molecule has 0 bridgehead atoms. The molecule has 0 saturated carbocycles. The number of esters is 1. The van der Waals surface area contributed by atoms with E-state index < -0.39 is 5.97 Å². The summed E-state index contributed by atoms with van der Waals surface area (Å²) in [6, 6.07) is 1.60. The quantitative estimate of drug-likeness (QED) is 0.470. The highest BCUT2D eigenvalue weighted by atomic mass is 79.9. The lowest BCUT2D eigenvalue weighted by atomic mass is 10.2. The molecule has 0 aromatic carbocycles. The fourth-order valence-electron chi connectivity index (χ4n) is 0.890. The van der Waals surface area contributed by atoms with Crippen molar-refractivity contribution in [1.29, 1.82) is 0 Å². The molecule has 0 saturated heterocycles. The molecule has 0 aliphatic rings. The third-order valence-corrected chi connectivity index (χ3v) is 3.20. The normalized spacial score (nSPS) is 10.0. The Balaban J connectivity index is 3.27. The fraction of sp³-hybridized carbons (Fsp3) is 0.250. The lowest BCUT2D eigenvalue weighted by Crippen LogP contribution is -2.07. The van der Waals surface area contributed by atoms with E-state index in [1.807, 2.05) is 0 Å². The Morgan fingerprint density at radius 3 is 2.86 bits per heavy atom. The van der Waals surface area contributed by atoms with Gasteiger partial charge in [-0.1, -0.05) is 27.5 Å². The van der Waals surface area contributed by atoms with E-state index in [0.717, 1.165) is 0 Å². The minimum Gasteiger partial charge on any atom is -0.465 e. The molecule has 1 aromatic heterocycles. The molecular weight excluding hydrogens is 337 g/mol. The van der Waals surface area contributed by atoms with Gasteiger partial charge < -0.3 is 4.74 Å². The van der Waals surface area contributed by atoms with Crippen molar-refractivity contribution in [1.82, 2.24) is 4.98 Å². The molecule has 0 fully saturated rings. The van der Waals surface area contributed by atoms with Gasteiger partial charge in [0.25, 0.3) is 0 Å². The highest BCUT2D eigenvalue weighted by Crippen LogP contribution is 2.24. The summed E-state index contributed by atoms with van der Waals surface area (Å²) in [5, 5.41) is 0.775. The van der Waals surface area contributed by atoms with Crippen molar-refractivity contribution in [3.63, 3.8) is 0 Å². The molecule has 0 N–H and O–H groups in total. The van der Waals surface area contributed by atoms with Gasteiger partial charge in [0.15, 0.2) is 0 Å². The molecule has 1 heterocycles. The monoisotopic (exact) mass is 341 g/mol. The maximum Gasteiger partial charge on any atom is 0.339 e. The van der Waals surface area contributed by atoms with Gasteiger partial charge in [-0.25, -0.2) is 9.78 Å². The second-order valence-corrected chi connectivity index (χ2v) is 4.15. The first-order chi connectivity index (χ1) is 6.60. The van der Waals surface area contributed by atoms with E-state index >= 15 is 0 Å². The standard InChI is InChI=1S/C8H6Br2ClNO2/c1-14-8(13)4-2-5(10)7(11)12-6(4)3-9/h2H,3H2,1H3. The Morgan fingerprint density at radius 2 is 2.36 bits per heavy atom. The first-order valence-corrected chi connectivity index (χ1v) is 5.88. The number of pyridine rings is 1. The average Bonchev–Trinajstić information content (AvgIpc) is 2.20. The highest BCUT2D eigenvalue weighted by molar-refractivity contribution is 9.10. The van der Waals surface area contributed by atoms with E-state index in [1.54, 1.807) is 6.07 Å². The van der Waals surface area contributed by atoms with Gasteiger partial charge in [0.05, 0.1) is 22.8 Å². The molecule has 76 valence electrons. The summed E-state index contributed by atoms with van der Waals surface area (Å²) in [7, 11) is 1.32. The van der Waals surface area contributed by atoms with E-state index in [4.69, 9.17) is 11.6 Å². The second kappa shape index (κ2) is 5.09. The van der Waals surface area contributed by atoms with Crippen LogP contribution >= 0.6 is 43.5 Å². The maximum atomic E-state index is 11.3. The number of alkyl halides is 1. The predicted molar refractivity (Wildman–Crippen MR) is 60.9 cm³/mol. The minimum atomic E-state index is -0.427. The molecule has 0 spiro atoms. The lowest BCUT2D eigenvalue weighted by molar-refractivity contribution is 0.0599. The van der Waals surface area contributed by atoms with E-state index in [2.05, 4.69) is 41.6 Å². The topological polar surface area (TPSA) is 39.2 Å². The minimum absolute atomic E-state index is 0.326. The summed E-state index contributed by atoms with van der Waals surface area (Å²) in [5.74, 6) is -0.427. The summed E-state index contributed by atoms with van der Waals surface area (Å²) >= 11 is 12.2. The Bertz CT molecular complexity index is 371. The summed E-state index contributed by atoms with van der Waals surface area (Å²) < 4.78 is 5.18. The van der Waals surface area contributed by atoms with Crippen LogP contribution in [0.2, 0.25) is 5.15 Å². The first-order valence-electron chi connectivity index (χ1n) is 3.59. The Morgan fingerprint density at radius 1 is 1.71 bits per heavy atom. The van der Waals surface area contributed by atoms with Gasteiger partial charge in [-0.2, -0.15) is 0 Å². The van der Waals surface area contributed by atoms with Gasteiger partial charge in [-0.05, 0) is 22.0 Å². The molecular formula is C8H6Br2ClNO2. The number of nitrogens with zero attached hydrogens (tertiary/aromatic N) is 1. The van der Waals surface area contributed by atoms with Crippen molar-refractivity contribution in [2.75, 3.05) is 7.11 Å². The van der Waals surface area contributed by atoms with Crippen LogP contribution in [-0.2, 0) is 10.1 Å². The van der Waals surface area contributed by atoms with Crippen LogP contribution in [0.5, 0.6) is 0 Å². The van der Waals surface area contributed by atoms with Crippen molar-refractivity contribution in [2.24, 2.45) is 0 Å².